The van der Waals surface area contributed by atoms with Crippen molar-refractivity contribution >= 4 is 11.7 Å². The lowest BCUT2D eigenvalue weighted by molar-refractivity contribution is 0.0697. The predicted octanol–water partition coefficient (Wildman–Crippen LogP) is 4.23. The summed E-state index contributed by atoms with van der Waals surface area (Å²) in [6.45, 7) is 0. The maximum atomic E-state index is 11.1. The van der Waals surface area contributed by atoms with Gasteiger partial charge in [0.2, 0.25) is 0 Å². The van der Waals surface area contributed by atoms with E-state index in [1.807, 2.05) is 18.2 Å². The normalized spacial score (nSPS) is 22.9. The van der Waals surface area contributed by atoms with Gasteiger partial charge in [0.25, 0.3) is 0 Å². The van der Waals surface area contributed by atoms with Crippen molar-refractivity contribution < 1.29 is 19.4 Å². The fraction of sp³-hybridized carbons (Fsp3) is 0.286. The number of nitrogens with one attached hydrogen (secondary N) is 1. The second-order valence-electron chi connectivity index (χ2n) is 6.70. The van der Waals surface area contributed by atoms with E-state index in [9.17, 15) is 4.79 Å². The molecule has 0 fully saturated rings. The molecule has 0 unspecified atom stereocenters. The molecule has 2 aromatic rings. The Morgan fingerprint density at radius 2 is 1.92 bits per heavy atom. The molecule has 4 rings (SSSR count). The number of carboxylic acid groups (broad SMARTS) is 1. The number of carboxylic acids is 1. The number of fused-ring (bicyclic) bond motifs is 3. The topological polar surface area (TPSA) is 67.8 Å². The fourth-order valence-electron chi connectivity index (χ4n) is 4.08. The van der Waals surface area contributed by atoms with Crippen LogP contribution in [0.4, 0.5) is 5.69 Å². The van der Waals surface area contributed by atoms with E-state index in [4.69, 9.17) is 14.6 Å². The summed E-state index contributed by atoms with van der Waals surface area (Å²) < 4.78 is 11.0. The molecule has 26 heavy (non-hydrogen) atoms. The van der Waals surface area contributed by atoms with E-state index in [1.165, 1.54) is 5.56 Å². The average molecular weight is 351 g/mol. The number of hydrogen-bond acceptors (Lipinski definition) is 4. The predicted molar refractivity (Wildman–Crippen MR) is 99.3 cm³/mol. The SMILES string of the molecule is COc1cc(OC)c2c(c1)[C@@H]1C=CC[C@H]1[C@H](c1ccc(C(=O)O)cc1)N2. The third-order valence-corrected chi connectivity index (χ3v) is 5.38. The van der Waals surface area contributed by atoms with Crippen molar-refractivity contribution in [2.75, 3.05) is 19.5 Å². The van der Waals surface area contributed by atoms with Gasteiger partial charge in [0.15, 0.2) is 0 Å². The molecule has 1 heterocycles. The van der Waals surface area contributed by atoms with Crippen LogP contribution in [0.1, 0.15) is 39.9 Å². The Morgan fingerprint density at radius 1 is 1.15 bits per heavy atom. The maximum Gasteiger partial charge on any atom is 0.335 e. The molecule has 0 saturated heterocycles. The number of rotatable bonds is 4. The van der Waals surface area contributed by atoms with Crippen molar-refractivity contribution in [3.05, 3.63) is 65.2 Å². The second-order valence-corrected chi connectivity index (χ2v) is 6.70. The molecule has 2 aliphatic rings. The molecule has 0 saturated carbocycles. The van der Waals surface area contributed by atoms with Crippen LogP contribution in [0.3, 0.4) is 0 Å². The Bertz CT molecular complexity index is 872. The van der Waals surface area contributed by atoms with E-state index in [2.05, 4.69) is 23.5 Å². The zero-order valence-electron chi connectivity index (χ0n) is 14.7. The van der Waals surface area contributed by atoms with Gasteiger partial charge in [0.1, 0.15) is 11.5 Å². The molecule has 0 spiro atoms. The molecule has 0 amide bonds. The molecular weight excluding hydrogens is 330 g/mol. The Hall–Kier alpha value is -2.95. The highest BCUT2D eigenvalue weighted by atomic mass is 16.5. The molecular formula is C21H21NO4. The first-order chi connectivity index (χ1) is 12.6. The van der Waals surface area contributed by atoms with Gasteiger partial charge < -0.3 is 19.9 Å². The van der Waals surface area contributed by atoms with Gasteiger partial charge in [-0.25, -0.2) is 4.79 Å². The summed E-state index contributed by atoms with van der Waals surface area (Å²) in [5.74, 6) is 1.28. The van der Waals surface area contributed by atoms with Crippen LogP contribution in [0.5, 0.6) is 11.5 Å². The van der Waals surface area contributed by atoms with Crippen LogP contribution >= 0.6 is 0 Å². The lowest BCUT2D eigenvalue weighted by Crippen LogP contribution is -2.29. The molecule has 2 aromatic carbocycles. The van der Waals surface area contributed by atoms with E-state index >= 15 is 0 Å². The van der Waals surface area contributed by atoms with Crippen molar-refractivity contribution in [3.63, 3.8) is 0 Å². The van der Waals surface area contributed by atoms with Gasteiger partial charge in [-0.05, 0) is 41.7 Å². The molecule has 3 atom stereocenters. The largest absolute Gasteiger partial charge is 0.497 e. The molecule has 134 valence electrons. The van der Waals surface area contributed by atoms with E-state index < -0.39 is 5.97 Å². The van der Waals surface area contributed by atoms with Crippen LogP contribution in [-0.2, 0) is 0 Å². The van der Waals surface area contributed by atoms with Gasteiger partial charge in [-0.2, -0.15) is 0 Å². The number of ether oxygens (including phenoxy) is 2. The molecule has 0 aromatic heterocycles. The van der Waals surface area contributed by atoms with Crippen LogP contribution < -0.4 is 14.8 Å². The summed E-state index contributed by atoms with van der Waals surface area (Å²) in [6, 6.07) is 11.2. The van der Waals surface area contributed by atoms with Crippen LogP contribution in [0.2, 0.25) is 0 Å². The highest BCUT2D eigenvalue weighted by molar-refractivity contribution is 5.87. The van der Waals surface area contributed by atoms with Gasteiger partial charge in [0.05, 0.1) is 31.5 Å². The Labute approximate surface area is 152 Å². The number of allylic oxidation sites excluding steroid dienone is 2. The van der Waals surface area contributed by atoms with Crippen LogP contribution in [0.25, 0.3) is 0 Å². The number of hydrogen-bond donors (Lipinski definition) is 2. The Balaban J connectivity index is 1.77. The van der Waals surface area contributed by atoms with Crippen LogP contribution in [-0.4, -0.2) is 25.3 Å². The van der Waals surface area contributed by atoms with Gasteiger partial charge >= 0.3 is 5.97 Å². The first-order valence-corrected chi connectivity index (χ1v) is 8.64. The van der Waals surface area contributed by atoms with Crippen molar-refractivity contribution in [1.29, 1.82) is 0 Å². The molecule has 5 heteroatoms. The monoisotopic (exact) mass is 351 g/mol. The molecule has 1 aliphatic carbocycles. The first-order valence-electron chi connectivity index (χ1n) is 8.64. The van der Waals surface area contributed by atoms with Crippen molar-refractivity contribution in [3.8, 4) is 11.5 Å². The number of methoxy groups -OCH3 is 2. The first kappa shape index (κ1) is 16.5. The van der Waals surface area contributed by atoms with Crippen LogP contribution in [0.15, 0.2) is 48.6 Å². The lowest BCUT2D eigenvalue weighted by atomic mass is 9.76. The standard InChI is InChI=1S/C21H21NO4/c1-25-14-10-17-15-4-3-5-16(15)19(22-20(17)18(11-14)26-2)12-6-8-13(9-7-12)21(23)24/h3-4,6-11,15-16,19,22H,5H2,1-2H3,(H,23,24)/t15-,16-,19+/m1/s1. The Kier molecular flexibility index (Phi) is 4.07. The van der Waals surface area contributed by atoms with Crippen molar-refractivity contribution in [1.82, 2.24) is 0 Å². The third kappa shape index (κ3) is 2.60. The van der Waals surface area contributed by atoms with Gasteiger partial charge in [0, 0.05) is 12.0 Å². The third-order valence-electron chi connectivity index (χ3n) is 5.38. The van der Waals surface area contributed by atoms with Gasteiger partial charge in [-0.3, -0.25) is 0 Å². The number of anilines is 1. The average Bonchev–Trinajstić information content (AvgIpc) is 3.16. The summed E-state index contributed by atoms with van der Waals surface area (Å²) in [5, 5.41) is 12.8. The smallest absolute Gasteiger partial charge is 0.335 e. The van der Waals surface area contributed by atoms with Gasteiger partial charge in [-0.1, -0.05) is 24.3 Å². The molecule has 1 aliphatic heterocycles. The molecule has 0 radical (unpaired) electrons. The van der Waals surface area contributed by atoms with Gasteiger partial charge in [-0.15, -0.1) is 0 Å². The molecule has 0 bridgehead atoms. The highest BCUT2D eigenvalue weighted by Gasteiger charge is 2.39. The summed E-state index contributed by atoms with van der Waals surface area (Å²) in [7, 11) is 3.32. The number of carbonyl (C=O) groups is 1. The zero-order valence-corrected chi connectivity index (χ0v) is 14.7. The van der Waals surface area contributed by atoms with E-state index in [0.29, 0.717) is 11.5 Å². The highest BCUT2D eigenvalue weighted by Crippen LogP contribution is 2.53. The molecule has 5 nitrogen and oxygen atoms in total. The quantitative estimate of drug-likeness (QED) is 0.807. The number of aromatic carboxylic acids is 1. The van der Waals surface area contributed by atoms with Crippen LogP contribution in [0, 0.1) is 5.92 Å². The van der Waals surface area contributed by atoms with E-state index in [-0.39, 0.29) is 12.0 Å². The second kappa shape index (κ2) is 6.41. The maximum absolute atomic E-state index is 11.1. The summed E-state index contributed by atoms with van der Waals surface area (Å²) in [5.41, 5.74) is 3.54. The lowest BCUT2D eigenvalue weighted by Gasteiger charge is -2.38. The summed E-state index contributed by atoms with van der Waals surface area (Å²) in [6.07, 6.45) is 5.44. The number of benzene rings is 2. The molecule has 2 N–H and O–H groups in total. The Morgan fingerprint density at radius 3 is 2.58 bits per heavy atom. The summed E-state index contributed by atoms with van der Waals surface area (Å²) >= 11 is 0. The van der Waals surface area contributed by atoms with Crippen molar-refractivity contribution in [2.24, 2.45) is 5.92 Å². The fourth-order valence-corrected chi connectivity index (χ4v) is 4.08. The van der Waals surface area contributed by atoms with E-state index in [1.54, 1.807) is 26.4 Å². The minimum atomic E-state index is -0.910. The van der Waals surface area contributed by atoms with Crippen molar-refractivity contribution in [2.45, 2.75) is 18.4 Å². The minimum Gasteiger partial charge on any atom is -0.497 e. The summed E-state index contributed by atoms with van der Waals surface area (Å²) in [4.78, 5) is 11.1. The van der Waals surface area contributed by atoms with E-state index in [0.717, 1.165) is 29.2 Å². The zero-order chi connectivity index (χ0) is 18.3. The minimum absolute atomic E-state index is 0.0904.